The summed E-state index contributed by atoms with van der Waals surface area (Å²) in [6, 6.07) is 13.9. The highest BCUT2D eigenvalue weighted by atomic mass is 35.5. The summed E-state index contributed by atoms with van der Waals surface area (Å²) in [6.07, 6.45) is 0. The summed E-state index contributed by atoms with van der Waals surface area (Å²) in [4.78, 5) is 12.1. The largest absolute Gasteiger partial charge is 0.426 e. The molecule has 0 aliphatic carbocycles. The molecule has 0 saturated carbocycles. The Hall–Kier alpha value is -2.52. The molecule has 4 heteroatoms. The maximum atomic E-state index is 12.1. The highest BCUT2D eigenvalue weighted by molar-refractivity contribution is 6.31. The van der Waals surface area contributed by atoms with Crippen LogP contribution in [0.25, 0.3) is 16.7 Å². The normalized spacial score (nSPS) is 10.6. The highest BCUT2D eigenvalue weighted by Crippen LogP contribution is 2.24. The first kappa shape index (κ1) is 14.4. The minimum absolute atomic E-state index is 0.102. The van der Waals surface area contributed by atoms with Gasteiger partial charge in [-0.15, -0.1) is 0 Å². The molecule has 0 bridgehead atoms. The number of hydrogen-bond acceptors (Lipinski definition) is 3. The molecule has 0 fully saturated rings. The van der Waals surface area contributed by atoms with Gasteiger partial charge >= 0.3 is 0 Å². The van der Waals surface area contributed by atoms with Crippen molar-refractivity contribution in [1.29, 1.82) is 0 Å². The summed E-state index contributed by atoms with van der Waals surface area (Å²) in [6.45, 7) is 5.87. The quantitative estimate of drug-likeness (QED) is 0.652. The van der Waals surface area contributed by atoms with Crippen LogP contribution in [0.3, 0.4) is 0 Å². The Morgan fingerprint density at radius 2 is 1.86 bits per heavy atom. The zero-order valence-electron chi connectivity index (χ0n) is 11.9. The van der Waals surface area contributed by atoms with E-state index in [9.17, 15) is 4.79 Å². The third-order valence-corrected chi connectivity index (χ3v) is 3.50. The van der Waals surface area contributed by atoms with Gasteiger partial charge < -0.3 is 9.15 Å². The van der Waals surface area contributed by atoms with Gasteiger partial charge in [0.15, 0.2) is 5.43 Å². The Kier molecular flexibility index (Phi) is 3.73. The molecule has 1 aromatic heterocycles. The molecule has 110 valence electrons. The molecule has 1 heterocycles. The molecule has 0 atom stereocenters. The average molecular weight is 313 g/mol. The van der Waals surface area contributed by atoms with E-state index in [0.717, 1.165) is 11.1 Å². The summed E-state index contributed by atoms with van der Waals surface area (Å²) >= 11 is 5.88. The lowest BCUT2D eigenvalue weighted by atomic mass is 10.1. The second-order valence-electron chi connectivity index (χ2n) is 4.96. The van der Waals surface area contributed by atoms with Crippen molar-refractivity contribution < 1.29 is 9.15 Å². The van der Waals surface area contributed by atoms with Crippen LogP contribution in [0.4, 0.5) is 0 Å². The lowest BCUT2D eigenvalue weighted by molar-refractivity contribution is 0.373. The molecule has 0 saturated heterocycles. The van der Waals surface area contributed by atoms with Gasteiger partial charge in [0.2, 0.25) is 0 Å². The Balaban J connectivity index is 1.94. The highest BCUT2D eigenvalue weighted by Gasteiger charge is 2.09. The van der Waals surface area contributed by atoms with Gasteiger partial charge in [-0.2, -0.15) is 0 Å². The van der Waals surface area contributed by atoms with Gasteiger partial charge in [-0.3, -0.25) is 4.79 Å². The average Bonchev–Trinajstić information content (AvgIpc) is 2.49. The molecule has 0 spiro atoms. The van der Waals surface area contributed by atoms with Crippen LogP contribution >= 0.6 is 11.6 Å². The van der Waals surface area contributed by atoms with E-state index < -0.39 is 0 Å². The molecule has 0 N–H and O–H groups in total. The van der Waals surface area contributed by atoms with Crippen molar-refractivity contribution in [3.05, 3.63) is 81.5 Å². The zero-order chi connectivity index (χ0) is 15.7. The van der Waals surface area contributed by atoms with Crippen molar-refractivity contribution in [1.82, 2.24) is 0 Å². The van der Waals surface area contributed by atoms with E-state index in [1.165, 1.54) is 6.07 Å². The molecule has 0 radical (unpaired) electrons. The van der Waals surface area contributed by atoms with Crippen molar-refractivity contribution in [3.8, 4) is 5.95 Å². The van der Waals surface area contributed by atoms with E-state index in [4.69, 9.17) is 20.8 Å². The van der Waals surface area contributed by atoms with Gasteiger partial charge in [-0.1, -0.05) is 48.0 Å². The molecule has 2 aromatic carbocycles. The minimum Gasteiger partial charge on any atom is -0.426 e. The predicted octanol–water partition coefficient (Wildman–Crippen LogP) is 4.80. The maximum Gasteiger partial charge on any atom is 0.294 e. The fraction of sp³-hybridized carbons (Fsp3) is 0.0556. The number of benzene rings is 2. The van der Waals surface area contributed by atoms with E-state index >= 15 is 0 Å². The Bertz CT molecular complexity index is 908. The van der Waals surface area contributed by atoms with Crippen LogP contribution in [-0.4, -0.2) is 0 Å². The predicted molar refractivity (Wildman–Crippen MR) is 88.3 cm³/mol. The molecule has 3 aromatic rings. The topological polar surface area (TPSA) is 39.4 Å². The van der Waals surface area contributed by atoms with Gasteiger partial charge in [0.25, 0.3) is 5.95 Å². The summed E-state index contributed by atoms with van der Waals surface area (Å²) in [5.74, 6) is 0.516. The number of hydrogen-bond donors (Lipinski definition) is 0. The van der Waals surface area contributed by atoms with E-state index in [-0.39, 0.29) is 11.4 Å². The van der Waals surface area contributed by atoms with Crippen LogP contribution < -0.4 is 10.2 Å². The molecule has 3 nitrogen and oxygen atoms in total. The minimum atomic E-state index is -0.213. The summed E-state index contributed by atoms with van der Waals surface area (Å²) < 4.78 is 11.1. The van der Waals surface area contributed by atoms with E-state index in [1.807, 2.05) is 31.2 Å². The van der Waals surface area contributed by atoms with Crippen molar-refractivity contribution in [2.24, 2.45) is 0 Å². The Labute approximate surface area is 132 Å². The lowest BCUT2D eigenvalue weighted by Crippen LogP contribution is -2.02. The molecule has 0 aliphatic rings. The molecule has 0 aliphatic heterocycles. The van der Waals surface area contributed by atoms with Crippen LogP contribution in [0, 0.1) is 6.92 Å². The first-order valence-electron chi connectivity index (χ1n) is 6.70. The Morgan fingerprint density at radius 3 is 2.59 bits per heavy atom. The standard InChI is InChI=1S/C18H13ClO3/c1-11-3-5-13(6-4-11)12(2)21-18-10-16(20)15-9-14(19)7-8-17(15)22-18/h3-10H,2H2,1H3. The van der Waals surface area contributed by atoms with Crippen LogP contribution in [0.5, 0.6) is 5.95 Å². The fourth-order valence-corrected chi connectivity index (χ4v) is 2.25. The van der Waals surface area contributed by atoms with E-state index in [1.54, 1.807) is 18.2 Å². The summed E-state index contributed by atoms with van der Waals surface area (Å²) in [5.41, 5.74) is 2.18. The second-order valence-corrected chi connectivity index (χ2v) is 5.40. The molecule has 0 unspecified atom stereocenters. The van der Waals surface area contributed by atoms with E-state index in [2.05, 4.69) is 6.58 Å². The lowest BCUT2D eigenvalue weighted by Gasteiger charge is -2.08. The molecular formula is C18H13ClO3. The SMILES string of the molecule is C=C(Oc1cc(=O)c2cc(Cl)ccc2o1)c1ccc(C)cc1. The number of aryl methyl sites for hydroxylation is 1. The van der Waals surface area contributed by atoms with Crippen LogP contribution in [0.2, 0.25) is 5.02 Å². The number of rotatable bonds is 3. The van der Waals surface area contributed by atoms with Gasteiger partial charge in [0.05, 0.1) is 11.5 Å². The molecule has 22 heavy (non-hydrogen) atoms. The molecule has 3 rings (SSSR count). The third kappa shape index (κ3) is 2.90. The number of fused-ring (bicyclic) bond motifs is 1. The second kappa shape index (κ2) is 5.70. The van der Waals surface area contributed by atoms with Gasteiger partial charge in [-0.25, -0.2) is 0 Å². The van der Waals surface area contributed by atoms with E-state index in [0.29, 0.717) is 21.8 Å². The van der Waals surface area contributed by atoms with Crippen molar-refractivity contribution >= 4 is 28.3 Å². The molecule has 0 amide bonds. The molecular weight excluding hydrogens is 300 g/mol. The number of halogens is 1. The van der Waals surface area contributed by atoms with Crippen LogP contribution in [0.15, 0.2) is 64.3 Å². The van der Waals surface area contributed by atoms with Gasteiger partial charge in [0, 0.05) is 10.6 Å². The summed E-state index contributed by atoms with van der Waals surface area (Å²) in [5, 5.41) is 0.901. The fourth-order valence-electron chi connectivity index (χ4n) is 2.08. The van der Waals surface area contributed by atoms with Crippen molar-refractivity contribution in [3.63, 3.8) is 0 Å². The zero-order valence-corrected chi connectivity index (χ0v) is 12.7. The van der Waals surface area contributed by atoms with Crippen molar-refractivity contribution in [2.75, 3.05) is 0 Å². The Morgan fingerprint density at radius 1 is 1.14 bits per heavy atom. The summed E-state index contributed by atoms with van der Waals surface area (Å²) in [7, 11) is 0. The maximum absolute atomic E-state index is 12.1. The van der Waals surface area contributed by atoms with Crippen molar-refractivity contribution in [2.45, 2.75) is 6.92 Å². The first-order valence-corrected chi connectivity index (χ1v) is 7.08. The third-order valence-electron chi connectivity index (χ3n) is 3.26. The first-order chi connectivity index (χ1) is 10.5. The van der Waals surface area contributed by atoms with Crippen LogP contribution in [-0.2, 0) is 0 Å². The van der Waals surface area contributed by atoms with Gasteiger partial charge in [-0.05, 0) is 25.1 Å². The number of ether oxygens (including phenoxy) is 1. The van der Waals surface area contributed by atoms with Crippen LogP contribution in [0.1, 0.15) is 11.1 Å². The van der Waals surface area contributed by atoms with Gasteiger partial charge in [0.1, 0.15) is 11.3 Å². The smallest absolute Gasteiger partial charge is 0.294 e. The monoisotopic (exact) mass is 312 g/mol.